The molecular formula is C19H24N4O. The summed E-state index contributed by atoms with van der Waals surface area (Å²) in [7, 11) is 0. The van der Waals surface area contributed by atoms with Gasteiger partial charge in [-0.15, -0.1) is 0 Å². The first-order chi connectivity index (χ1) is 11.7. The molecule has 2 aromatic rings. The van der Waals surface area contributed by atoms with Gasteiger partial charge in [0, 0.05) is 51.0 Å². The molecule has 1 aliphatic rings. The lowest BCUT2D eigenvalue weighted by molar-refractivity contribution is 0.0948. The van der Waals surface area contributed by atoms with E-state index in [2.05, 4.69) is 26.2 Å². The molecule has 0 radical (unpaired) electrons. The molecule has 1 fully saturated rings. The zero-order valence-corrected chi connectivity index (χ0v) is 14.1. The van der Waals surface area contributed by atoms with E-state index < -0.39 is 0 Å². The van der Waals surface area contributed by atoms with Crippen molar-refractivity contribution in [2.24, 2.45) is 0 Å². The van der Waals surface area contributed by atoms with Gasteiger partial charge in [-0.05, 0) is 31.2 Å². The van der Waals surface area contributed by atoms with Gasteiger partial charge >= 0.3 is 0 Å². The minimum absolute atomic E-state index is 0.00196. The molecule has 1 saturated heterocycles. The topological polar surface area (TPSA) is 48.5 Å². The second kappa shape index (κ2) is 7.93. The van der Waals surface area contributed by atoms with Crippen molar-refractivity contribution in [1.82, 2.24) is 15.2 Å². The lowest BCUT2D eigenvalue weighted by Crippen LogP contribution is -2.48. The van der Waals surface area contributed by atoms with Gasteiger partial charge in [0.25, 0.3) is 5.91 Å². The maximum absolute atomic E-state index is 12.1. The summed E-state index contributed by atoms with van der Waals surface area (Å²) < 4.78 is 0. The second-order valence-corrected chi connectivity index (χ2v) is 6.14. The van der Waals surface area contributed by atoms with E-state index in [0.29, 0.717) is 6.54 Å². The molecule has 3 rings (SSSR count). The fraction of sp³-hybridized carbons (Fsp3) is 0.368. The average molecular weight is 324 g/mol. The van der Waals surface area contributed by atoms with Crippen LogP contribution in [0.2, 0.25) is 0 Å². The Bertz CT molecular complexity index is 649. The number of benzene rings is 1. The number of carbonyl (C=O) groups excluding carboxylic acids is 1. The van der Waals surface area contributed by atoms with Gasteiger partial charge in [-0.25, -0.2) is 4.98 Å². The molecule has 1 N–H and O–H groups in total. The molecular weight excluding hydrogens is 300 g/mol. The van der Waals surface area contributed by atoms with Gasteiger partial charge in [0.1, 0.15) is 5.82 Å². The standard InChI is InChI=1S/C19H24N4O/c1-16-5-7-17(8-6-16)19(24)21-10-11-22-12-14-23(15-13-22)18-4-2-3-9-20-18/h2-9H,10-15H2,1H3,(H,21,24). The first-order valence-corrected chi connectivity index (χ1v) is 8.45. The number of aromatic nitrogens is 1. The van der Waals surface area contributed by atoms with E-state index in [1.54, 1.807) is 0 Å². The van der Waals surface area contributed by atoms with Gasteiger partial charge in [0.2, 0.25) is 0 Å². The van der Waals surface area contributed by atoms with Crippen LogP contribution in [0.1, 0.15) is 15.9 Å². The van der Waals surface area contributed by atoms with Crippen molar-refractivity contribution in [3.05, 3.63) is 59.8 Å². The summed E-state index contributed by atoms with van der Waals surface area (Å²) in [5, 5.41) is 3.00. The summed E-state index contributed by atoms with van der Waals surface area (Å²) in [6.07, 6.45) is 1.84. The highest BCUT2D eigenvalue weighted by Gasteiger charge is 2.17. The zero-order valence-electron chi connectivity index (χ0n) is 14.1. The monoisotopic (exact) mass is 324 g/mol. The molecule has 0 atom stereocenters. The van der Waals surface area contributed by atoms with E-state index in [0.717, 1.165) is 49.7 Å². The zero-order chi connectivity index (χ0) is 16.8. The predicted molar refractivity (Wildman–Crippen MR) is 96.4 cm³/mol. The van der Waals surface area contributed by atoms with Gasteiger partial charge in [0.15, 0.2) is 0 Å². The van der Waals surface area contributed by atoms with Crippen LogP contribution in [-0.4, -0.2) is 55.1 Å². The number of anilines is 1. The molecule has 1 aromatic heterocycles. The van der Waals surface area contributed by atoms with Gasteiger partial charge in [-0.3, -0.25) is 9.69 Å². The Morgan fingerprint density at radius 1 is 1.08 bits per heavy atom. The van der Waals surface area contributed by atoms with E-state index >= 15 is 0 Å². The van der Waals surface area contributed by atoms with E-state index in [4.69, 9.17) is 0 Å². The summed E-state index contributed by atoms with van der Waals surface area (Å²) in [5.41, 5.74) is 1.89. The Morgan fingerprint density at radius 3 is 2.50 bits per heavy atom. The molecule has 1 aromatic carbocycles. The minimum Gasteiger partial charge on any atom is -0.354 e. The van der Waals surface area contributed by atoms with Gasteiger partial charge in [-0.2, -0.15) is 0 Å². The molecule has 1 amide bonds. The fourth-order valence-electron chi connectivity index (χ4n) is 2.88. The van der Waals surface area contributed by atoms with Crippen molar-refractivity contribution in [2.75, 3.05) is 44.2 Å². The number of rotatable bonds is 5. The summed E-state index contributed by atoms with van der Waals surface area (Å²) >= 11 is 0. The third-order valence-electron chi connectivity index (χ3n) is 4.37. The van der Waals surface area contributed by atoms with Gasteiger partial charge < -0.3 is 10.2 Å². The molecule has 0 spiro atoms. The number of hydrogen-bond donors (Lipinski definition) is 1. The number of nitrogens with zero attached hydrogens (tertiary/aromatic N) is 3. The number of pyridine rings is 1. The van der Waals surface area contributed by atoms with Crippen LogP contribution in [-0.2, 0) is 0 Å². The lowest BCUT2D eigenvalue weighted by Gasteiger charge is -2.35. The van der Waals surface area contributed by atoms with Crippen molar-refractivity contribution in [2.45, 2.75) is 6.92 Å². The summed E-state index contributed by atoms with van der Waals surface area (Å²) in [5.74, 6) is 1.05. The van der Waals surface area contributed by atoms with Crippen molar-refractivity contribution < 1.29 is 4.79 Å². The Balaban J connectivity index is 1.39. The molecule has 2 heterocycles. The van der Waals surface area contributed by atoms with Crippen LogP contribution in [0, 0.1) is 6.92 Å². The molecule has 0 saturated carbocycles. The Hall–Kier alpha value is -2.40. The molecule has 1 aliphatic heterocycles. The largest absolute Gasteiger partial charge is 0.354 e. The lowest BCUT2D eigenvalue weighted by atomic mass is 10.1. The smallest absolute Gasteiger partial charge is 0.251 e. The number of carbonyl (C=O) groups is 1. The first-order valence-electron chi connectivity index (χ1n) is 8.45. The molecule has 5 heteroatoms. The number of piperazine rings is 1. The van der Waals surface area contributed by atoms with Crippen LogP contribution in [0.4, 0.5) is 5.82 Å². The van der Waals surface area contributed by atoms with Crippen LogP contribution < -0.4 is 10.2 Å². The van der Waals surface area contributed by atoms with Crippen molar-refractivity contribution in [3.8, 4) is 0 Å². The van der Waals surface area contributed by atoms with Crippen LogP contribution in [0.15, 0.2) is 48.7 Å². The van der Waals surface area contributed by atoms with Crippen molar-refractivity contribution >= 4 is 11.7 Å². The highest BCUT2D eigenvalue weighted by Crippen LogP contribution is 2.12. The first kappa shape index (κ1) is 16.5. The Morgan fingerprint density at radius 2 is 1.83 bits per heavy atom. The maximum atomic E-state index is 12.1. The van der Waals surface area contributed by atoms with E-state index in [-0.39, 0.29) is 5.91 Å². The highest BCUT2D eigenvalue weighted by molar-refractivity contribution is 5.94. The minimum atomic E-state index is 0.00196. The Labute approximate surface area is 143 Å². The number of nitrogens with one attached hydrogen (secondary N) is 1. The van der Waals surface area contributed by atoms with E-state index in [9.17, 15) is 4.79 Å². The SMILES string of the molecule is Cc1ccc(C(=O)NCCN2CCN(c3ccccn3)CC2)cc1. The van der Waals surface area contributed by atoms with Gasteiger partial charge in [-0.1, -0.05) is 23.8 Å². The summed E-state index contributed by atoms with van der Waals surface area (Å²) in [6, 6.07) is 13.7. The number of aryl methyl sites for hydroxylation is 1. The van der Waals surface area contributed by atoms with Crippen LogP contribution in [0.3, 0.4) is 0 Å². The average Bonchev–Trinajstić information content (AvgIpc) is 2.63. The van der Waals surface area contributed by atoms with Gasteiger partial charge in [0.05, 0.1) is 0 Å². The maximum Gasteiger partial charge on any atom is 0.251 e. The normalized spacial score (nSPS) is 15.3. The van der Waals surface area contributed by atoms with Crippen LogP contribution in [0.5, 0.6) is 0 Å². The second-order valence-electron chi connectivity index (χ2n) is 6.14. The molecule has 0 aliphatic carbocycles. The number of amides is 1. The fourth-order valence-corrected chi connectivity index (χ4v) is 2.88. The quantitative estimate of drug-likeness (QED) is 0.913. The van der Waals surface area contributed by atoms with Crippen LogP contribution in [0.25, 0.3) is 0 Å². The van der Waals surface area contributed by atoms with Crippen molar-refractivity contribution in [3.63, 3.8) is 0 Å². The molecule has 126 valence electrons. The third kappa shape index (κ3) is 4.32. The molecule has 0 bridgehead atoms. The molecule has 24 heavy (non-hydrogen) atoms. The van der Waals surface area contributed by atoms with E-state index in [1.165, 1.54) is 0 Å². The predicted octanol–water partition coefficient (Wildman–Crippen LogP) is 1.94. The van der Waals surface area contributed by atoms with Crippen LogP contribution >= 0.6 is 0 Å². The Kier molecular flexibility index (Phi) is 5.43. The molecule has 5 nitrogen and oxygen atoms in total. The highest BCUT2D eigenvalue weighted by atomic mass is 16.1. The van der Waals surface area contributed by atoms with Crippen molar-refractivity contribution in [1.29, 1.82) is 0 Å². The summed E-state index contributed by atoms with van der Waals surface area (Å²) in [6.45, 7) is 7.52. The molecule has 0 unspecified atom stereocenters. The third-order valence-corrected chi connectivity index (χ3v) is 4.37. The van der Waals surface area contributed by atoms with E-state index in [1.807, 2.05) is 49.5 Å². The summed E-state index contributed by atoms with van der Waals surface area (Å²) in [4.78, 5) is 21.2. The number of hydrogen-bond acceptors (Lipinski definition) is 4.